The van der Waals surface area contributed by atoms with Gasteiger partial charge < -0.3 is 10.1 Å². The van der Waals surface area contributed by atoms with Crippen molar-refractivity contribution in [2.75, 3.05) is 12.4 Å². The maximum atomic E-state index is 13.2. The van der Waals surface area contributed by atoms with Gasteiger partial charge in [-0.2, -0.15) is 9.67 Å². The second kappa shape index (κ2) is 9.02. The van der Waals surface area contributed by atoms with Crippen LogP contribution in [0.2, 0.25) is 5.02 Å². The van der Waals surface area contributed by atoms with Gasteiger partial charge in [0.25, 0.3) is 5.91 Å². The predicted octanol–water partition coefficient (Wildman–Crippen LogP) is 5.22. The molecule has 6 nitrogen and oxygen atoms in total. The van der Waals surface area contributed by atoms with Crippen LogP contribution in [0.3, 0.4) is 0 Å². The fourth-order valence-corrected chi connectivity index (χ4v) is 3.16. The van der Waals surface area contributed by atoms with Crippen molar-refractivity contribution in [1.82, 2.24) is 14.8 Å². The Morgan fingerprint density at radius 2 is 1.68 bits per heavy atom. The number of anilines is 1. The van der Waals surface area contributed by atoms with Gasteiger partial charge in [-0.05, 0) is 61.0 Å². The minimum Gasteiger partial charge on any atom is -0.497 e. The lowest BCUT2D eigenvalue weighted by atomic mass is 10.1. The van der Waals surface area contributed by atoms with Gasteiger partial charge in [-0.1, -0.05) is 41.4 Å². The standard InChI is InChI=1S/C24H21ClN4O2/c1-16-3-7-19(8-4-16)23(30)29-24(26-15-17-5-11-20(25)12-6-17)27-22(28-29)18-9-13-21(31-2)14-10-18/h3-14H,15H2,1-2H3,(H,26,27,28). The second-order valence-electron chi connectivity index (χ2n) is 7.05. The number of aromatic nitrogens is 3. The molecule has 4 rings (SSSR count). The number of hydrogen-bond acceptors (Lipinski definition) is 5. The first-order chi connectivity index (χ1) is 15.0. The predicted molar refractivity (Wildman–Crippen MR) is 122 cm³/mol. The highest BCUT2D eigenvalue weighted by Crippen LogP contribution is 2.22. The molecule has 0 saturated heterocycles. The maximum absolute atomic E-state index is 13.2. The molecule has 0 aliphatic heterocycles. The van der Waals surface area contributed by atoms with Gasteiger partial charge in [0.2, 0.25) is 5.95 Å². The largest absolute Gasteiger partial charge is 0.497 e. The Kier molecular flexibility index (Phi) is 6.00. The normalized spacial score (nSPS) is 10.7. The van der Waals surface area contributed by atoms with Crippen LogP contribution in [-0.2, 0) is 6.54 Å². The summed E-state index contributed by atoms with van der Waals surface area (Å²) >= 11 is 5.97. The van der Waals surface area contributed by atoms with E-state index in [1.54, 1.807) is 19.2 Å². The molecule has 1 heterocycles. The van der Waals surface area contributed by atoms with Crippen molar-refractivity contribution in [3.63, 3.8) is 0 Å². The number of aryl methyl sites for hydroxylation is 1. The summed E-state index contributed by atoms with van der Waals surface area (Å²) in [4.78, 5) is 17.7. The molecule has 0 unspecified atom stereocenters. The average Bonchev–Trinajstić information content (AvgIpc) is 3.23. The van der Waals surface area contributed by atoms with Gasteiger partial charge in [0.05, 0.1) is 7.11 Å². The lowest BCUT2D eigenvalue weighted by Gasteiger charge is -2.08. The van der Waals surface area contributed by atoms with Crippen molar-refractivity contribution < 1.29 is 9.53 Å². The van der Waals surface area contributed by atoms with E-state index in [1.807, 2.05) is 67.6 Å². The summed E-state index contributed by atoms with van der Waals surface area (Å²) in [5.74, 6) is 1.29. The van der Waals surface area contributed by atoms with Crippen LogP contribution in [0.15, 0.2) is 72.8 Å². The number of rotatable bonds is 6. The van der Waals surface area contributed by atoms with E-state index in [9.17, 15) is 4.79 Å². The molecule has 0 aliphatic rings. The molecule has 0 spiro atoms. The molecule has 0 atom stereocenters. The Bertz CT molecular complexity index is 1180. The van der Waals surface area contributed by atoms with E-state index in [4.69, 9.17) is 16.3 Å². The number of methoxy groups -OCH3 is 1. The van der Waals surface area contributed by atoms with Crippen LogP contribution in [0.5, 0.6) is 5.75 Å². The fourth-order valence-electron chi connectivity index (χ4n) is 3.03. The van der Waals surface area contributed by atoms with Gasteiger partial charge in [-0.25, -0.2) is 0 Å². The zero-order valence-electron chi connectivity index (χ0n) is 17.2. The number of halogens is 1. The van der Waals surface area contributed by atoms with Gasteiger partial charge >= 0.3 is 0 Å². The zero-order chi connectivity index (χ0) is 21.8. The van der Waals surface area contributed by atoms with Crippen LogP contribution in [0.25, 0.3) is 11.4 Å². The van der Waals surface area contributed by atoms with E-state index in [0.29, 0.717) is 28.9 Å². The number of nitrogens with one attached hydrogen (secondary N) is 1. The summed E-state index contributed by atoms with van der Waals surface area (Å²) < 4.78 is 6.52. The smallest absolute Gasteiger partial charge is 0.281 e. The summed E-state index contributed by atoms with van der Waals surface area (Å²) in [7, 11) is 1.61. The number of nitrogens with zero attached hydrogens (tertiary/aromatic N) is 3. The lowest BCUT2D eigenvalue weighted by Crippen LogP contribution is -2.17. The monoisotopic (exact) mass is 432 g/mol. The van der Waals surface area contributed by atoms with Crippen LogP contribution < -0.4 is 10.1 Å². The molecule has 0 saturated carbocycles. The highest BCUT2D eigenvalue weighted by Gasteiger charge is 2.19. The van der Waals surface area contributed by atoms with Crippen molar-refractivity contribution in [1.29, 1.82) is 0 Å². The van der Waals surface area contributed by atoms with Crippen molar-refractivity contribution in [3.8, 4) is 17.1 Å². The van der Waals surface area contributed by atoms with Gasteiger partial charge in [0, 0.05) is 22.7 Å². The number of ether oxygens (including phenoxy) is 1. The maximum Gasteiger partial charge on any atom is 0.281 e. The first-order valence-electron chi connectivity index (χ1n) is 9.74. The van der Waals surface area contributed by atoms with E-state index >= 15 is 0 Å². The van der Waals surface area contributed by atoms with Crippen LogP contribution in [0.1, 0.15) is 21.5 Å². The molecule has 31 heavy (non-hydrogen) atoms. The van der Waals surface area contributed by atoms with Crippen molar-refractivity contribution >= 4 is 23.5 Å². The third kappa shape index (κ3) is 4.75. The van der Waals surface area contributed by atoms with Crippen molar-refractivity contribution in [2.24, 2.45) is 0 Å². The molecule has 0 radical (unpaired) electrons. The molecular formula is C24H21ClN4O2. The average molecular weight is 433 g/mol. The molecule has 0 aliphatic carbocycles. The molecule has 1 aromatic heterocycles. The molecule has 1 N–H and O–H groups in total. The van der Waals surface area contributed by atoms with Crippen LogP contribution in [-0.4, -0.2) is 27.8 Å². The van der Waals surface area contributed by atoms with E-state index in [-0.39, 0.29) is 5.91 Å². The first kappa shape index (κ1) is 20.6. The van der Waals surface area contributed by atoms with E-state index in [1.165, 1.54) is 4.68 Å². The Labute approximate surface area is 185 Å². The zero-order valence-corrected chi connectivity index (χ0v) is 17.9. The summed E-state index contributed by atoms with van der Waals surface area (Å²) in [6.07, 6.45) is 0. The Balaban J connectivity index is 1.67. The van der Waals surface area contributed by atoms with E-state index < -0.39 is 0 Å². The van der Waals surface area contributed by atoms with Gasteiger partial charge in [-0.3, -0.25) is 4.79 Å². The molecule has 0 amide bonds. The van der Waals surface area contributed by atoms with E-state index in [0.717, 1.165) is 22.4 Å². The van der Waals surface area contributed by atoms with Crippen LogP contribution in [0.4, 0.5) is 5.95 Å². The van der Waals surface area contributed by atoms with Gasteiger partial charge in [0.15, 0.2) is 5.82 Å². The third-order valence-electron chi connectivity index (χ3n) is 4.81. The highest BCUT2D eigenvalue weighted by molar-refractivity contribution is 6.30. The fraction of sp³-hybridized carbons (Fsp3) is 0.125. The number of benzene rings is 3. The van der Waals surface area contributed by atoms with Gasteiger partial charge in [-0.15, -0.1) is 5.10 Å². The van der Waals surface area contributed by atoms with E-state index in [2.05, 4.69) is 15.4 Å². The molecule has 4 aromatic rings. The summed E-state index contributed by atoms with van der Waals surface area (Å²) in [5, 5.41) is 8.39. The highest BCUT2D eigenvalue weighted by atomic mass is 35.5. The van der Waals surface area contributed by atoms with Crippen LogP contribution in [0, 0.1) is 6.92 Å². The Morgan fingerprint density at radius 3 is 2.32 bits per heavy atom. The van der Waals surface area contributed by atoms with Crippen molar-refractivity contribution in [3.05, 3.63) is 94.5 Å². The molecular weight excluding hydrogens is 412 g/mol. The summed E-state index contributed by atoms with van der Waals surface area (Å²) in [5.41, 5.74) is 3.40. The third-order valence-corrected chi connectivity index (χ3v) is 5.06. The number of carbonyl (C=O) groups excluding carboxylic acids is 1. The van der Waals surface area contributed by atoms with Gasteiger partial charge in [0.1, 0.15) is 5.75 Å². The summed E-state index contributed by atoms with van der Waals surface area (Å²) in [6.45, 7) is 2.45. The quantitative estimate of drug-likeness (QED) is 0.452. The number of carbonyl (C=O) groups is 1. The van der Waals surface area contributed by atoms with Crippen molar-refractivity contribution in [2.45, 2.75) is 13.5 Å². The molecule has 3 aromatic carbocycles. The molecule has 0 fully saturated rings. The molecule has 0 bridgehead atoms. The van der Waals surface area contributed by atoms with Crippen LogP contribution >= 0.6 is 11.6 Å². The lowest BCUT2D eigenvalue weighted by molar-refractivity contribution is 0.0947. The summed E-state index contributed by atoms with van der Waals surface area (Å²) in [6, 6.07) is 22.2. The second-order valence-corrected chi connectivity index (χ2v) is 7.49. The molecule has 7 heteroatoms. The first-order valence-corrected chi connectivity index (χ1v) is 10.1. The Morgan fingerprint density at radius 1 is 1.00 bits per heavy atom. The minimum atomic E-state index is -0.258. The SMILES string of the molecule is COc1ccc(-c2nc(NCc3ccc(Cl)cc3)n(C(=O)c3ccc(C)cc3)n2)cc1. The molecule has 156 valence electrons. The minimum absolute atomic E-state index is 0.258. The topological polar surface area (TPSA) is 69.0 Å². The Hall–Kier alpha value is -3.64. The number of hydrogen-bond donors (Lipinski definition) is 1.